The van der Waals surface area contributed by atoms with Crippen molar-refractivity contribution >= 4 is 16.7 Å². The Bertz CT molecular complexity index is 1060. The number of nitrogens with zero attached hydrogens (tertiary/aromatic N) is 1. The van der Waals surface area contributed by atoms with Crippen LogP contribution in [0.15, 0.2) is 60.7 Å². The van der Waals surface area contributed by atoms with Crippen molar-refractivity contribution in [2.75, 3.05) is 26.4 Å². The summed E-state index contributed by atoms with van der Waals surface area (Å²) in [6.07, 6.45) is 2.81. The summed E-state index contributed by atoms with van der Waals surface area (Å²) in [6.45, 7) is 2.12. The van der Waals surface area contributed by atoms with Crippen LogP contribution >= 0.6 is 0 Å². The zero-order valence-electron chi connectivity index (χ0n) is 16.9. The minimum atomic E-state index is 0.0118. The third kappa shape index (κ3) is 3.80. The minimum Gasteiger partial charge on any atom is -0.490 e. The number of hydrogen-bond acceptors (Lipinski definition) is 4. The van der Waals surface area contributed by atoms with Crippen molar-refractivity contribution in [2.24, 2.45) is 0 Å². The quantitative estimate of drug-likeness (QED) is 0.631. The monoisotopic (exact) mass is 403 g/mol. The Morgan fingerprint density at radius 2 is 1.77 bits per heavy atom. The molecular weight excluding hydrogens is 378 g/mol. The first-order valence-electron chi connectivity index (χ1n) is 10.6. The molecule has 5 nitrogen and oxygen atoms in total. The molecule has 0 aliphatic carbocycles. The molecule has 0 radical (unpaired) electrons. The van der Waals surface area contributed by atoms with E-state index in [0.717, 1.165) is 53.6 Å². The van der Waals surface area contributed by atoms with Crippen molar-refractivity contribution in [1.29, 1.82) is 0 Å². The van der Waals surface area contributed by atoms with Gasteiger partial charge >= 0.3 is 0 Å². The molecule has 5 rings (SSSR count). The second kappa shape index (κ2) is 8.27. The molecule has 2 heterocycles. The molecule has 0 aromatic heterocycles. The number of amides is 1. The predicted octanol–water partition coefficient (Wildman–Crippen LogP) is 4.74. The highest BCUT2D eigenvalue weighted by Gasteiger charge is 2.31. The van der Waals surface area contributed by atoms with Gasteiger partial charge in [0.2, 0.25) is 0 Å². The first kappa shape index (κ1) is 18.8. The Labute approximate surface area is 176 Å². The summed E-state index contributed by atoms with van der Waals surface area (Å²) in [5.41, 5.74) is 1.09. The van der Waals surface area contributed by atoms with Crippen molar-refractivity contribution in [1.82, 2.24) is 4.90 Å². The number of carbonyl (C=O) groups excluding carboxylic acids is 1. The lowest BCUT2D eigenvalue weighted by molar-refractivity contribution is -0.134. The maximum absolute atomic E-state index is 13.0. The molecule has 3 aromatic rings. The molecule has 2 aliphatic heterocycles. The van der Waals surface area contributed by atoms with Crippen LogP contribution in [0.4, 0.5) is 0 Å². The van der Waals surface area contributed by atoms with Crippen LogP contribution in [-0.2, 0) is 4.79 Å². The van der Waals surface area contributed by atoms with Crippen molar-refractivity contribution in [3.8, 4) is 17.2 Å². The maximum atomic E-state index is 13.0. The van der Waals surface area contributed by atoms with Crippen LogP contribution in [0.3, 0.4) is 0 Å². The summed E-state index contributed by atoms with van der Waals surface area (Å²) < 4.78 is 17.4. The van der Waals surface area contributed by atoms with Crippen LogP contribution in [0.1, 0.15) is 30.9 Å². The molecule has 0 bridgehead atoms. The first-order valence-corrected chi connectivity index (χ1v) is 10.6. The van der Waals surface area contributed by atoms with Crippen LogP contribution in [0.5, 0.6) is 17.2 Å². The Balaban J connectivity index is 1.28. The third-order valence-corrected chi connectivity index (χ3v) is 5.81. The third-order valence-electron chi connectivity index (χ3n) is 5.81. The molecule has 1 fully saturated rings. The highest BCUT2D eigenvalue weighted by atomic mass is 16.5. The molecule has 0 spiro atoms. The molecule has 154 valence electrons. The van der Waals surface area contributed by atoms with E-state index in [1.165, 1.54) is 0 Å². The van der Waals surface area contributed by atoms with Gasteiger partial charge in [-0.15, -0.1) is 0 Å². The van der Waals surface area contributed by atoms with E-state index in [2.05, 4.69) is 6.07 Å². The lowest BCUT2D eigenvalue weighted by Gasteiger charge is -2.25. The van der Waals surface area contributed by atoms with Gasteiger partial charge in [-0.1, -0.05) is 36.4 Å². The van der Waals surface area contributed by atoms with Crippen molar-refractivity contribution < 1.29 is 19.0 Å². The second-order valence-corrected chi connectivity index (χ2v) is 7.80. The summed E-state index contributed by atoms with van der Waals surface area (Å²) in [4.78, 5) is 14.9. The Hall–Kier alpha value is -3.21. The van der Waals surface area contributed by atoms with E-state index < -0.39 is 0 Å². The van der Waals surface area contributed by atoms with Crippen LogP contribution in [0.25, 0.3) is 10.8 Å². The molecule has 30 heavy (non-hydrogen) atoms. The van der Waals surface area contributed by atoms with Gasteiger partial charge in [-0.3, -0.25) is 4.79 Å². The minimum absolute atomic E-state index is 0.0118. The van der Waals surface area contributed by atoms with E-state index in [4.69, 9.17) is 14.2 Å². The highest BCUT2D eigenvalue weighted by Crippen LogP contribution is 2.38. The number of likely N-dealkylation sites (tertiary alicyclic amines) is 1. The van der Waals surface area contributed by atoms with Gasteiger partial charge in [-0.2, -0.15) is 0 Å². The van der Waals surface area contributed by atoms with Gasteiger partial charge in [0.05, 0.1) is 19.3 Å². The van der Waals surface area contributed by atoms with E-state index in [-0.39, 0.29) is 18.6 Å². The smallest absolute Gasteiger partial charge is 0.261 e. The summed E-state index contributed by atoms with van der Waals surface area (Å²) in [6, 6.07) is 20.1. The number of ether oxygens (including phenoxy) is 3. The zero-order chi connectivity index (χ0) is 20.3. The van der Waals surface area contributed by atoms with Crippen molar-refractivity contribution in [3.05, 3.63) is 66.2 Å². The largest absolute Gasteiger partial charge is 0.490 e. The van der Waals surface area contributed by atoms with E-state index >= 15 is 0 Å². The fraction of sp³-hybridized carbons (Fsp3) is 0.320. The number of benzene rings is 3. The van der Waals surface area contributed by atoms with Crippen LogP contribution in [-0.4, -0.2) is 37.2 Å². The fourth-order valence-corrected chi connectivity index (χ4v) is 4.28. The van der Waals surface area contributed by atoms with Crippen molar-refractivity contribution in [2.45, 2.75) is 25.3 Å². The second-order valence-electron chi connectivity index (χ2n) is 7.80. The Morgan fingerprint density at radius 3 is 2.67 bits per heavy atom. The van der Waals surface area contributed by atoms with Gasteiger partial charge in [0, 0.05) is 13.0 Å². The molecule has 0 unspecified atom stereocenters. The van der Waals surface area contributed by atoms with Crippen LogP contribution in [0.2, 0.25) is 0 Å². The van der Waals surface area contributed by atoms with E-state index in [0.29, 0.717) is 19.0 Å². The van der Waals surface area contributed by atoms with E-state index in [1.54, 1.807) is 0 Å². The number of fused-ring (bicyclic) bond motifs is 2. The maximum Gasteiger partial charge on any atom is 0.261 e. The van der Waals surface area contributed by atoms with Gasteiger partial charge in [0.15, 0.2) is 18.1 Å². The predicted molar refractivity (Wildman–Crippen MR) is 115 cm³/mol. The molecule has 1 atom stereocenters. The normalized spacial score (nSPS) is 18.3. The summed E-state index contributed by atoms with van der Waals surface area (Å²) >= 11 is 0. The number of carbonyl (C=O) groups is 1. The molecular formula is C25H25NO4. The number of hydrogen-bond donors (Lipinski definition) is 0. The standard InChI is InChI=1S/C25H25NO4/c27-25(17-30-21-10-8-18-5-1-2-6-19(18)15-21)26-12-3-7-22(26)20-9-11-23-24(16-20)29-14-4-13-28-23/h1-2,5-6,8-11,15-16,22H,3-4,7,12-14,17H2/t22-/m0/s1. The molecule has 2 aliphatic rings. The molecule has 3 aromatic carbocycles. The fourth-order valence-electron chi connectivity index (χ4n) is 4.28. The van der Waals surface area contributed by atoms with Crippen LogP contribution in [0, 0.1) is 0 Å². The lowest BCUT2D eigenvalue weighted by atomic mass is 10.0. The average Bonchev–Trinajstić information content (AvgIpc) is 3.16. The molecule has 1 saturated heterocycles. The molecule has 1 amide bonds. The van der Waals surface area contributed by atoms with Gasteiger partial charge in [-0.25, -0.2) is 0 Å². The summed E-state index contributed by atoms with van der Waals surface area (Å²) in [5, 5.41) is 2.26. The molecule has 5 heteroatoms. The average molecular weight is 403 g/mol. The van der Waals surface area contributed by atoms with E-state index in [1.807, 2.05) is 59.5 Å². The molecule has 0 saturated carbocycles. The number of rotatable bonds is 4. The first-order chi connectivity index (χ1) is 14.8. The van der Waals surface area contributed by atoms with Crippen molar-refractivity contribution in [3.63, 3.8) is 0 Å². The Kier molecular flexibility index (Phi) is 5.18. The SMILES string of the molecule is O=C(COc1ccc2ccccc2c1)N1CCC[C@H]1c1ccc2c(c1)OCCCO2. The van der Waals surface area contributed by atoms with Gasteiger partial charge in [0.25, 0.3) is 5.91 Å². The summed E-state index contributed by atoms with van der Waals surface area (Å²) in [7, 11) is 0. The molecule has 0 N–H and O–H groups in total. The van der Waals surface area contributed by atoms with Gasteiger partial charge < -0.3 is 19.1 Å². The highest BCUT2D eigenvalue weighted by molar-refractivity contribution is 5.84. The van der Waals surface area contributed by atoms with E-state index in [9.17, 15) is 4.79 Å². The van der Waals surface area contributed by atoms with Gasteiger partial charge in [0.1, 0.15) is 5.75 Å². The van der Waals surface area contributed by atoms with Gasteiger partial charge in [-0.05, 0) is 53.4 Å². The van der Waals surface area contributed by atoms with Crippen LogP contribution < -0.4 is 14.2 Å². The summed E-state index contributed by atoms with van der Waals surface area (Å²) in [5.74, 6) is 2.29. The lowest BCUT2D eigenvalue weighted by Crippen LogP contribution is -2.34. The zero-order valence-corrected chi connectivity index (χ0v) is 16.9. The Morgan fingerprint density at radius 1 is 0.933 bits per heavy atom. The topological polar surface area (TPSA) is 48.0 Å².